The number of furan rings is 1. The highest BCUT2D eigenvalue weighted by Gasteiger charge is 2.14. The highest BCUT2D eigenvalue weighted by atomic mass is 35.5. The van der Waals surface area contributed by atoms with Gasteiger partial charge in [0.1, 0.15) is 17.3 Å². The van der Waals surface area contributed by atoms with Gasteiger partial charge in [0, 0.05) is 0 Å². The van der Waals surface area contributed by atoms with E-state index in [1.54, 1.807) is 0 Å². The zero-order valence-corrected chi connectivity index (χ0v) is 11.9. The number of hydrogen-bond donors (Lipinski definition) is 0. The number of nitrogens with zero attached hydrogens (tertiary/aromatic N) is 2. The molecule has 0 N–H and O–H groups in total. The fourth-order valence-corrected chi connectivity index (χ4v) is 2.66. The first-order valence-corrected chi connectivity index (χ1v) is 6.85. The van der Waals surface area contributed by atoms with Gasteiger partial charge >= 0.3 is 0 Å². The van der Waals surface area contributed by atoms with E-state index < -0.39 is 0 Å². The third-order valence-electron chi connectivity index (χ3n) is 3.03. The number of aryl methyl sites for hydroxylation is 1. The van der Waals surface area contributed by atoms with Crippen molar-refractivity contribution >= 4 is 34.2 Å². The van der Waals surface area contributed by atoms with Gasteiger partial charge in [-0.25, -0.2) is 4.98 Å². The number of alkyl halides is 1. The summed E-state index contributed by atoms with van der Waals surface area (Å²) in [7, 11) is 0. The molecular weight excluding hydrogens is 283 g/mol. The summed E-state index contributed by atoms with van der Waals surface area (Å²) in [5, 5.41) is 0.671. The van der Waals surface area contributed by atoms with E-state index in [1.165, 1.54) is 0 Å². The van der Waals surface area contributed by atoms with E-state index >= 15 is 0 Å². The molecule has 3 nitrogen and oxygen atoms in total. The molecule has 0 fully saturated rings. The van der Waals surface area contributed by atoms with Crippen molar-refractivity contribution < 1.29 is 4.42 Å². The van der Waals surface area contributed by atoms with Gasteiger partial charge in [-0.1, -0.05) is 17.7 Å². The molecule has 5 heteroatoms. The van der Waals surface area contributed by atoms with Crippen LogP contribution in [0.25, 0.3) is 11.0 Å². The Balaban J connectivity index is 2.15. The lowest BCUT2D eigenvalue weighted by atomic mass is 10.3. The number of aromatic nitrogens is 2. The van der Waals surface area contributed by atoms with Crippen molar-refractivity contribution in [1.82, 2.24) is 9.55 Å². The lowest BCUT2D eigenvalue weighted by Crippen LogP contribution is -2.03. The number of rotatable bonds is 3. The minimum Gasteiger partial charge on any atom is -0.464 e. The quantitative estimate of drug-likeness (QED) is 0.671. The highest BCUT2D eigenvalue weighted by Crippen LogP contribution is 2.26. The van der Waals surface area contributed by atoms with Crippen molar-refractivity contribution in [2.75, 3.05) is 0 Å². The van der Waals surface area contributed by atoms with Crippen molar-refractivity contribution in [2.45, 2.75) is 19.3 Å². The summed E-state index contributed by atoms with van der Waals surface area (Å²) >= 11 is 12.2. The Bertz CT molecular complexity index is 730. The van der Waals surface area contributed by atoms with Crippen molar-refractivity contribution in [3.05, 3.63) is 52.7 Å². The molecule has 0 radical (unpaired) electrons. The maximum absolute atomic E-state index is 6.27. The van der Waals surface area contributed by atoms with E-state index in [0.717, 1.165) is 28.4 Å². The van der Waals surface area contributed by atoms with Gasteiger partial charge in [-0.2, -0.15) is 0 Å². The minimum atomic E-state index is 0.338. The summed E-state index contributed by atoms with van der Waals surface area (Å²) in [5.74, 6) is 2.88. The Morgan fingerprint density at radius 2 is 2.11 bits per heavy atom. The molecule has 0 saturated carbocycles. The number of halogens is 2. The number of fused-ring (bicyclic) bond motifs is 1. The molecular formula is C14H12Cl2N2O. The molecule has 3 rings (SSSR count). The van der Waals surface area contributed by atoms with Gasteiger partial charge in [0.15, 0.2) is 0 Å². The molecule has 0 saturated heterocycles. The third-order valence-corrected chi connectivity index (χ3v) is 3.57. The lowest BCUT2D eigenvalue weighted by Gasteiger charge is -2.06. The van der Waals surface area contributed by atoms with Gasteiger partial charge in [0.05, 0.1) is 28.5 Å². The predicted molar refractivity (Wildman–Crippen MR) is 76.8 cm³/mol. The van der Waals surface area contributed by atoms with Gasteiger partial charge < -0.3 is 8.98 Å². The predicted octanol–water partition coefficient (Wildman–Crippen LogP) is 4.38. The first-order chi connectivity index (χ1) is 9.19. The van der Waals surface area contributed by atoms with Gasteiger partial charge in [0.2, 0.25) is 0 Å². The number of benzene rings is 1. The molecule has 0 aliphatic carbocycles. The molecule has 2 aromatic heterocycles. The van der Waals surface area contributed by atoms with Crippen LogP contribution in [0.2, 0.25) is 5.02 Å². The van der Waals surface area contributed by atoms with Crippen LogP contribution < -0.4 is 0 Å². The SMILES string of the molecule is Cc1ccc(Cn2c(CCl)nc3cccc(Cl)c32)o1. The summed E-state index contributed by atoms with van der Waals surface area (Å²) in [5.41, 5.74) is 1.75. The zero-order valence-electron chi connectivity index (χ0n) is 10.4. The van der Waals surface area contributed by atoms with Crippen molar-refractivity contribution in [3.8, 4) is 0 Å². The second kappa shape index (κ2) is 4.91. The van der Waals surface area contributed by atoms with Crippen LogP contribution >= 0.6 is 23.2 Å². The average molecular weight is 295 g/mol. The fourth-order valence-electron chi connectivity index (χ4n) is 2.19. The van der Waals surface area contributed by atoms with E-state index in [0.29, 0.717) is 17.4 Å². The molecule has 98 valence electrons. The second-order valence-corrected chi connectivity index (χ2v) is 5.04. The van der Waals surface area contributed by atoms with Gasteiger partial charge in [-0.05, 0) is 31.2 Å². The summed E-state index contributed by atoms with van der Waals surface area (Å²) in [6.07, 6.45) is 0. The summed E-state index contributed by atoms with van der Waals surface area (Å²) in [6.45, 7) is 2.50. The number of hydrogen-bond acceptors (Lipinski definition) is 2. The third kappa shape index (κ3) is 2.24. The van der Waals surface area contributed by atoms with E-state index in [-0.39, 0.29) is 0 Å². The average Bonchev–Trinajstić information content (AvgIpc) is 2.95. The van der Waals surface area contributed by atoms with Crippen LogP contribution in [0.15, 0.2) is 34.7 Å². The summed E-state index contributed by atoms with van der Waals surface area (Å²) in [4.78, 5) is 4.50. The van der Waals surface area contributed by atoms with Crippen LogP contribution in [0, 0.1) is 6.92 Å². The van der Waals surface area contributed by atoms with Crippen molar-refractivity contribution in [2.24, 2.45) is 0 Å². The zero-order chi connectivity index (χ0) is 13.4. The fraction of sp³-hybridized carbons (Fsp3) is 0.214. The summed E-state index contributed by atoms with van der Waals surface area (Å²) in [6, 6.07) is 9.57. The molecule has 0 bridgehead atoms. The maximum atomic E-state index is 6.27. The van der Waals surface area contributed by atoms with Crippen LogP contribution in [-0.2, 0) is 12.4 Å². The Labute approximate surface area is 120 Å². The Hall–Kier alpha value is -1.45. The highest BCUT2D eigenvalue weighted by molar-refractivity contribution is 6.35. The molecule has 3 aromatic rings. The lowest BCUT2D eigenvalue weighted by molar-refractivity contribution is 0.470. The van der Waals surface area contributed by atoms with Gasteiger partial charge in [-0.3, -0.25) is 0 Å². The van der Waals surface area contributed by atoms with Crippen LogP contribution in [0.5, 0.6) is 0 Å². The van der Waals surface area contributed by atoms with Crippen molar-refractivity contribution in [3.63, 3.8) is 0 Å². The molecule has 0 unspecified atom stereocenters. The second-order valence-electron chi connectivity index (χ2n) is 4.37. The molecule has 0 atom stereocenters. The molecule has 0 amide bonds. The van der Waals surface area contributed by atoms with E-state index in [4.69, 9.17) is 27.6 Å². The van der Waals surface area contributed by atoms with Crippen LogP contribution in [0.4, 0.5) is 0 Å². The summed E-state index contributed by atoms with van der Waals surface area (Å²) < 4.78 is 7.61. The number of para-hydroxylation sites is 1. The van der Waals surface area contributed by atoms with E-state index in [9.17, 15) is 0 Å². The molecule has 0 spiro atoms. The monoisotopic (exact) mass is 294 g/mol. The van der Waals surface area contributed by atoms with Crippen molar-refractivity contribution in [1.29, 1.82) is 0 Å². The molecule has 19 heavy (non-hydrogen) atoms. The van der Waals surface area contributed by atoms with Crippen LogP contribution in [0.1, 0.15) is 17.3 Å². The molecule has 2 heterocycles. The largest absolute Gasteiger partial charge is 0.464 e. The topological polar surface area (TPSA) is 31.0 Å². The number of imidazole rings is 1. The Morgan fingerprint density at radius 3 is 2.79 bits per heavy atom. The molecule has 0 aliphatic heterocycles. The molecule has 0 aliphatic rings. The minimum absolute atomic E-state index is 0.338. The Morgan fingerprint density at radius 1 is 1.26 bits per heavy atom. The van der Waals surface area contributed by atoms with Gasteiger partial charge in [0.25, 0.3) is 0 Å². The standard InChI is InChI=1S/C14H12Cl2N2O/c1-9-5-6-10(19-9)8-18-13(7-15)17-12-4-2-3-11(16)14(12)18/h2-6H,7-8H2,1H3. The van der Waals surface area contributed by atoms with E-state index in [1.807, 2.05) is 41.8 Å². The van der Waals surface area contributed by atoms with E-state index in [2.05, 4.69) is 4.98 Å². The first kappa shape index (κ1) is 12.6. The van der Waals surface area contributed by atoms with Gasteiger partial charge in [-0.15, -0.1) is 11.6 Å². The normalized spacial score (nSPS) is 11.3. The van der Waals surface area contributed by atoms with Crippen LogP contribution in [0.3, 0.4) is 0 Å². The Kier molecular flexibility index (Phi) is 3.25. The maximum Gasteiger partial charge on any atom is 0.125 e. The first-order valence-electron chi connectivity index (χ1n) is 5.94. The van der Waals surface area contributed by atoms with Crippen LogP contribution in [-0.4, -0.2) is 9.55 Å². The molecule has 1 aromatic carbocycles. The smallest absolute Gasteiger partial charge is 0.125 e.